The van der Waals surface area contributed by atoms with E-state index >= 15 is 0 Å². The fraction of sp³-hybridized carbons (Fsp3) is 0.400. The topological polar surface area (TPSA) is 52.5 Å². The van der Waals surface area contributed by atoms with E-state index in [0.29, 0.717) is 5.46 Å². The molecule has 4 heteroatoms. The lowest BCUT2D eigenvalue weighted by Crippen LogP contribution is -2.30. The van der Waals surface area contributed by atoms with Crippen LogP contribution in [0, 0.1) is 0 Å². The molecule has 0 aliphatic carbocycles. The van der Waals surface area contributed by atoms with Crippen LogP contribution in [0.25, 0.3) is 0 Å². The average molecular weight is 193 g/mol. The van der Waals surface area contributed by atoms with Crippen molar-refractivity contribution < 1.29 is 10.0 Å². The first-order valence-corrected chi connectivity index (χ1v) is 4.63. The highest BCUT2D eigenvalue weighted by Crippen LogP contribution is 2.12. The van der Waals surface area contributed by atoms with Gasteiger partial charge >= 0.3 is 7.12 Å². The summed E-state index contributed by atoms with van der Waals surface area (Å²) in [7, 11) is -1.39. The normalized spacial score (nSPS) is 11.2. The lowest BCUT2D eigenvalue weighted by Gasteiger charge is -2.22. The van der Waals surface area contributed by atoms with E-state index in [1.54, 1.807) is 12.1 Å². The quantitative estimate of drug-likeness (QED) is 0.602. The Balaban J connectivity index is 2.74. The van der Waals surface area contributed by atoms with Crippen LogP contribution in [-0.2, 0) is 0 Å². The summed E-state index contributed by atoms with van der Waals surface area (Å²) in [5, 5.41) is 21.0. The minimum Gasteiger partial charge on any atom is -0.423 e. The molecule has 0 aliphatic rings. The molecule has 0 unspecified atom stereocenters. The first-order valence-electron chi connectivity index (χ1n) is 4.63. The zero-order valence-electron chi connectivity index (χ0n) is 8.78. The Morgan fingerprint density at radius 3 is 1.93 bits per heavy atom. The lowest BCUT2D eigenvalue weighted by molar-refractivity contribution is 0.426. The first kappa shape index (κ1) is 11.1. The fourth-order valence-electron chi connectivity index (χ4n) is 1.17. The molecule has 0 bridgehead atoms. The van der Waals surface area contributed by atoms with E-state index in [1.807, 2.05) is 12.1 Å². The summed E-state index contributed by atoms with van der Waals surface area (Å²) in [6.45, 7) is 6.21. The summed E-state index contributed by atoms with van der Waals surface area (Å²) in [5.74, 6) is 0. The van der Waals surface area contributed by atoms with Gasteiger partial charge in [-0.2, -0.15) is 0 Å². The third kappa shape index (κ3) is 3.40. The molecule has 1 aromatic carbocycles. The van der Waals surface area contributed by atoms with E-state index in [-0.39, 0.29) is 5.54 Å². The number of benzene rings is 1. The Hall–Kier alpha value is -0.995. The Labute approximate surface area is 84.9 Å². The van der Waals surface area contributed by atoms with Gasteiger partial charge in [-0.1, -0.05) is 12.1 Å². The molecule has 3 nitrogen and oxygen atoms in total. The molecule has 1 aromatic rings. The SMILES string of the molecule is CC(C)(C)Nc1ccc(B(O)O)cc1. The van der Waals surface area contributed by atoms with Crippen molar-refractivity contribution >= 4 is 18.3 Å². The van der Waals surface area contributed by atoms with Gasteiger partial charge in [-0.15, -0.1) is 0 Å². The Bertz CT molecular complexity index is 290. The van der Waals surface area contributed by atoms with Gasteiger partial charge in [0.25, 0.3) is 0 Å². The second-order valence-electron chi connectivity index (χ2n) is 4.37. The maximum Gasteiger partial charge on any atom is 0.488 e. The molecule has 0 atom stereocenters. The molecular formula is C10H16BNO2. The Kier molecular flexibility index (Phi) is 3.19. The summed E-state index contributed by atoms with van der Waals surface area (Å²) in [4.78, 5) is 0. The van der Waals surface area contributed by atoms with Crippen molar-refractivity contribution in [3.05, 3.63) is 24.3 Å². The van der Waals surface area contributed by atoms with Gasteiger partial charge in [0, 0.05) is 11.2 Å². The molecule has 0 spiro atoms. The summed E-state index contributed by atoms with van der Waals surface area (Å²) >= 11 is 0. The van der Waals surface area contributed by atoms with Gasteiger partial charge in [0.1, 0.15) is 0 Å². The highest BCUT2D eigenvalue weighted by atomic mass is 16.4. The highest BCUT2D eigenvalue weighted by molar-refractivity contribution is 6.58. The Morgan fingerprint density at radius 2 is 1.57 bits per heavy atom. The molecule has 3 N–H and O–H groups in total. The van der Waals surface area contributed by atoms with E-state index in [1.165, 1.54) is 0 Å². The maximum atomic E-state index is 8.88. The summed E-state index contributed by atoms with van der Waals surface area (Å²) < 4.78 is 0. The molecule has 0 fully saturated rings. The van der Waals surface area contributed by atoms with Gasteiger partial charge in [0.2, 0.25) is 0 Å². The zero-order valence-corrected chi connectivity index (χ0v) is 8.78. The smallest absolute Gasteiger partial charge is 0.423 e. The van der Waals surface area contributed by atoms with E-state index in [9.17, 15) is 0 Å². The third-order valence-corrected chi connectivity index (χ3v) is 1.73. The standard InChI is InChI=1S/C10H16BNO2/c1-10(2,3)12-9-6-4-8(5-7-9)11(13)14/h4-7,12-14H,1-3H3. The predicted octanol–water partition coefficient (Wildman–Crippen LogP) is 0.577. The molecule has 0 saturated carbocycles. The second-order valence-corrected chi connectivity index (χ2v) is 4.37. The number of hydrogen-bond donors (Lipinski definition) is 3. The van der Waals surface area contributed by atoms with Crippen LogP contribution in [0.15, 0.2) is 24.3 Å². The van der Waals surface area contributed by atoms with Crippen LogP contribution in [0.5, 0.6) is 0 Å². The van der Waals surface area contributed by atoms with Crippen LogP contribution in [0.4, 0.5) is 5.69 Å². The number of hydrogen-bond acceptors (Lipinski definition) is 3. The van der Waals surface area contributed by atoms with Gasteiger partial charge in [-0.05, 0) is 38.4 Å². The number of nitrogens with one attached hydrogen (secondary N) is 1. The van der Waals surface area contributed by atoms with Crippen LogP contribution < -0.4 is 10.8 Å². The lowest BCUT2D eigenvalue weighted by atomic mass is 9.80. The van der Waals surface area contributed by atoms with Gasteiger partial charge in [-0.3, -0.25) is 0 Å². The van der Waals surface area contributed by atoms with Crippen molar-refractivity contribution in [1.29, 1.82) is 0 Å². The molecule has 0 saturated heterocycles. The maximum absolute atomic E-state index is 8.88. The molecule has 1 rings (SSSR count). The third-order valence-electron chi connectivity index (χ3n) is 1.73. The van der Waals surface area contributed by atoms with Crippen molar-refractivity contribution in [1.82, 2.24) is 0 Å². The van der Waals surface area contributed by atoms with E-state index < -0.39 is 7.12 Å². The summed E-state index contributed by atoms with van der Waals surface area (Å²) in [6.07, 6.45) is 0. The predicted molar refractivity (Wildman–Crippen MR) is 59.6 cm³/mol. The second kappa shape index (κ2) is 4.03. The van der Waals surface area contributed by atoms with Crippen molar-refractivity contribution in [2.24, 2.45) is 0 Å². The van der Waals surface area contributed by atoms with Gasteiger partial charge in [0.15, 0.2) is 0 Å². The van der Waals surface area contributed by atoms with Crippen molar-refractivity contribution in [2.75, 3.05) is 5.32 Å². The van der Waals surface area contributed by atoms with Gasteiger partial charge in [0.05, 0.1) is 0 Å². The highest BCUT2D eigenvalue weighted by Gasteiger charge is 2.12. The summed E-state index contributed by atoms with van der Waals surface area (Å²) in [5.41, 5.74) is 1.49. The Morgan fingerprint density at radius 1 is 1.07 bits per heavy atom. The van der Waals surface area contributed by atoms with Crippen molar-refractivity contribution in [2.45, 2.75) is 26.3 Å². The van der Waals surface area contributed by atoms with Crippen molar-refractivity contribution in [3.63, 3.8) is 0 Å². The largest absolute Gasteiger partial charge is 0.488 e. The molecule has 0 aliphatic heterocycles. The average Bonchev–Trinajstić information content (AvgIpc) is 2.02. The van der Waals surface area contributed by atoms with E-state index in [0.717, 1.165) is 5.69 Å². The van der Waals surface area contributed by atoms with Crippen LogP contribution in [0.2, 0.25) is 0 Å². The molecular weight excluding hydrogens is 177 g/mol. The molecule has 0 radical (unpaired) electrons. The molecule has 14 heavy (non-hydrogen) atoms. The molecule has 76 valence electrons. The van der Waals surface area contributed by atoms with Crippen LogP contribution >= 0.6 is 0 Å². The minimum atomic E-state index is -1.39. The number of anilines is 1. The van der Waals surface area contributed by atoms with E-state index in [4.69, 9.17) is 10.0 Å². The molecule has 0 aromatic heterocycles. The van der Waals surface area contributed by atoms with E-state index in [2.05, 4.69) is 26.1 Å². The van der Waals surface area contributed by atoms with Crippen LogP contribution in [0.1, 0.15) is 20.8 Å². The number of rotatable bonds is 2. The first-order chi connectivity index (χ1) is 6.38. The fourth-order valence-corrected chi connectivity index (χ4v) is 1.17. The minimum absolute atomic E-state index is 0.0132. The molecule has 0 amide bonds. The van der Waals surface area contributed by atoms with Gasteiger partial charge in [-0.25, -0.2) is 0 Å². The van der Waals surface area contributed by atoms with Crippen molar-refractivity contribution in [3.8, 4) is 0 Å². The zero-order chi connectivity index (χ0) is 10.8. The van der Waals surface area contributed by atoms with Crippen LogP contribution in [0.3, 0.4) is 0 Å². The van der Waals surface area contributed by atoms with Gasteiger partial charge < -0.3 is 15.4 Å². The summed E-state index contributed by atoms with van der Waals surface area (Å²) in [6, 6.07) is 7.05. The molecule has 0 heterocycles. The monoisotopic (exact) mass is 193 g/mol. The van der Waals surface area contributed by atoms with Crippen LogP contribution in [-0.4, -0.2) is 22.7 Å².